The maximum absolute atomic E-state index is 11.5. The molecule has 5 nitrogen and oxygen atoms in total. The monoisotopic (exact) mass is 250 g/mol. The van der Waals surface area contributed by atoms with Gasteiger partial charge in [0, 0.05) is 12.2 Å². The molecule has 0 radical (unpaired) electrons. The number of amides is 1. The first-order valence-corrected chi connectivity index (χ1v) is 5.93. The number of rotatable bonds is 6. The van der Waals surface area contributed by atoms with Gasteiger partial charge in [0.15, 0.2) is 6.61 Å². The predicted molar refractivity (Wildman–Crippen MR) is 69.1 cm³/mol. The first-order chi connectivity index (χ1) is 8.63. The van der Waals surface area contributed by atoms with Crippen LogP contribution in [0.15, 0.2) is 24.3 Å². The highest BCUT2D eigenvalue weighted by Crippen LogP contribution is 2.06. The Kier molecular flexibility index (Phi) is 5.70. The van der Waals surface area contributed by atoms with Crippen molar-refractivity contribution < 1.29 is 14.3 Å². The van der Waals surface area contributed by atoms with Gasteiger partial charge in [-0.05, 0) is 30.7 Å². The molecule has 0 saturated heterocycles. The Morgan fingerprint density at radius 3 is 2.56 bits per heavy atom. The number of anilines is 1. The number of unbranched alkanes of at least 4 members (excludes halogenated alkanes) is 1. The molecular formula is C13H18N2O3. The summed E-state index contributed by atoms with van der Waals surface area (Å²) in [5.74, 6) is -0.812. The molecule has 0 saturated carbocycles. The van der Waals surface area contributed by atoms with Crippen LogP contribution in [0.2, 0.25) is 0 Å². The molecule has 0 fully saturated rings. The molecular weight excluding hydrogens is 232 g/mol. The summed E-state index contributed by atoms with van der Waals surface area (Å²) in [7, 11) is 0. The van der Waals surface area contributed by atoms with E-state index in [0.717, 1.165) is 12.8 Å². The number of carbonyl (C=O) groups is 2. The van der Waals surface area contributed by atoms with Crippen LogP contribution in [-0.4, -0.2) is 25.0 Å². The van der Waals surface area contributed by atoms with Gasteiger partial charge in [-0.25, -0.2) is 4.79 Å². The Morgan fingerprint density at radius 1 is 1.28 bits per heavy atom. The van der Waals surface area contributed by atoms with Crippen LogP contribution in [0.4, 0.5) is 5.69 Å². The van der Waals surface area contributed by atoms with Crippen LogP contribution in [-0.2, 0) is 9.53 Å². The lowest BCUT2D eigenvalue weighted by atomic mass is 10.2. The van der Waals surface area contributed by atoms with E-state index in [1.54, 1.807) is 24.3 Å². The van der Waals surface area contributed by atoms with Crippen LogP contribution in [0.3, 0.4) is 0 Å². The summed E-state index contributed by atoms with van der Waals surface area (Å²) >= 11 is 0. The number of esters is 1. The topological polar surface area (TPSA) is 81.4 Å². The number of nitrogen functional groups attached to an aromatic ring is 1. The molecule has 1 rings (SSSR count). The number of hydrogen-bond acceptors (Lipinski definition) is 4. The van der Waals surface area contributed by atoms with Crippen LogP contribution in [0, 0.1) is 0 Å². The van der Waals surface area contributed by atoms with E-state index in [0.29, 0.717) is 17.8 Å². The van der Waals surface area contributed by atoms with Crippen molar-refractivity contribution >= 4 is 17.6 Å². The molecule has 0 bridgehead atoms. The number of hydrogen-bond donors (Lipinski definition) is 2. The van der Waals surface area contributed by atoms with Crippen molar-refractivity contribution in [2.75, 3.05) is 18.9 Å². The second-order valence-corrected chi connectivity index (χ2v) is 3.90. The summed E-state index contributed by atoms with van der Waals surface area (Å²) < 4.78 is 4.87. The van der Waals surface area contributed by atoms with Crippen LogP contribution in [0.5, 0.6) is 0 Å². The molecule has 0 heterocycles. The fourth-order valence-corrected chi connectivity index (χ4v) is 1.29. The van der Waals surface area contributed by atoms with Crippen LogP contribution < -0.4 is 11.1 Å². The number of ether oxygens (including phenoxy) is 1. The summed E-state index contributed by atoms with van der Waals surface area (Å²) in [5.41, 5.74) is 6.45. The van der Waals surface area contributed by atoms with Gasteiger partial charge < -0.3 is 15.8 Å². The highest BCUT2D eigenvalue weighted by atomic mass is 16.5. The Morgan fingerprint density at radius 2 is 1.94 bits per heavy atom. The van der Waals surface area contributed by atoms with Crippen molar-refractivity contribution in [3.63, 3.8) is 0 Å². The van der Waals surface area contributed by atoms with Crippen molar-refractivity contribution in [1.29, 1.82) is 0 Å². The van der Waals surface area contributed by atoms with Gasteiger partial charge in [-0.1, -0.05) is 13.3 Å². The largest absolute Gasteiger partial charge is 0.452 e. The van der Waals surface area contributed by atoms with Gasteiger partial charge in [-0.2, -0.15) is 0 Å². The van der Waals surface area contributed by atoms with E-state index in [2.05, 4.69) is 5.32 Å². The van der Waals surface area contributed by atoms with Gasteiger partial charge in [0.1, 0.15) is 0 Å². The zero-order chi connectivity index (χ0) is 13.4. The molecule has 1 aromatic rings. The summed E-state index contributed by atoms with van der Waals surface area (Å²) in [5, 5.41) is 2.66. The molecule has 98 valence electrons. The number of nitrogens with one attached hydrogen (secondary N) is 1. The highest BCUT2D eigenvalue weighted by molar-refractivity contribution is 5.91. The van der Waals surface area contributed by atoms with Gasteiger partial charge in [0.05, 0.1) is 5.56 Å². The molecule has 1 aromatic carbocycles. The maximum atomic E-state index is 11.5. The molecule has 3 N–H and O–H groups in total. The number of carbonyl (C=O) groups excluding carboxylic acids is 2. The van der Waals surface area contributed by atoms with E-state index >= 15 is 0 Å². The molecule has 0 unspecified atom stereocenters. The number of nitrogens with two attached hydrogens (primary N) is 1. The van der Waals surface area contributed by atoms with Crippen LogP contribution >= 0.6 is 0 Å². The fraction of sp³-hybridized carbons (Fsp3) is 0.385. The molecule has 0 atom stereocenters. The van der Waals surface area contributed by atoms with Crippen molar-refractivity contribution in [3.05, 3.63) is 29.8 Å². The molecule has 0 aromatic heterocycles. The van der Waals surface area contributed by atoms with E-state index in [-0.39, 0.29) is 12.5 Å². The molecule has 1 amide bonds. The highest BCUT2D eigenvalue weighted by Gasteiger charge is 2.09. The number of benzene rings is 1. The Hall–Kier alpha value is -2.04. The average Bonchev–Trinajstić information content (AvgIpc) is 2.37. The first kappa shape index (κ1) is 14.0. The lowest BCUT2D eigenvalue weighted by Crippen LogP contribution is -2.29. The summed E-state index contributed by atoms with van der Waals surface area (Å²) in [6.07, 6.45) is 1.92. The van der Waals surface area contributed by atoms with Crippen LogP contribution in [0.25, 0.3) is 0 Å². The van der Waals surface area contributed by atoms with Gasteiger partial charge in [-0.3, -0.25) is 4.79 Å². The normalized spacial score (nSPS) is 9.83. The van der Waals surface area contributed by atoms with Crippen molar-refractivity contribution in [3.8, 4) is 0 Å². The summed E-state index contributed by atoms with van der Waals surface area (Å²) in [4.78, 5) is 22.8. The van der Waals surface area contributed by atoms with Gasteiger partial charge in [-0.15, -0.1) is 0 Å². The van der Waals surface area contributed by atoms with Crippen molar-refractivity contribution in [1.82, 2.24) is 5.32 Å². The van der Waals surface area contributed by atoms with E-state index in [4.69, 9.17) is 10.5 Å². The molecule has 5 heteroatoms. The maximum Gasteiger partial charge on any atom is 0.338 e. The lowest BCUT2D eigenvalue weighted by molar-refractivity contribution is -0.124. The third-order valence-electron chi connectivity index (χ3n) is 2.33. The van der Waals surface area contributed by atoms with Crippen LogP contribution in [0.1, 0.15) is 30.1 Å². The predicted octanol–water partition coefficient (Wildman–Crippen LogP) is 1.34. The second-order valence-electron chi connectivity index (χ2n) is 3.90. The third kappa shape index (κ3) is 4.86. The lowest BCUT2D eigenvalue weighted by Gasteiger charge is -2.06. The summed E-state index contributed by atoms with van der Waals surface area (Å²) in [6.45, 7) is 2.38. The Labute approximate surface area is 106 Å². The minimum Gasteiger partial charge on any atom is -0.452 e. The molecule has 0 aliphatic carbocycles. The third-order valence-corrected chi connectivity index (χ3v) is 2.33. The quantitative estimate of drug-likeness (QED) is 0.453. The summed E-state index contributed by atoms with van der Waals surface area (Å²) in [6, 6.07) is 6.34. The SMILES string of the molecule is CCCCNC(=O)COC(=O)c1ccc(N)cc1. The smallest absolute Gasteiger partial charge is 0.338 e. The zero-order valence-corrected chi connectivity index (χ0v) is 10.4. The molecule has 0 aliphatic rings. The van der Waals surface area contributed by atoms with Gasteiger partial charge in [0.2, 0.25) is 0 Å². The van der Waals surface area contributed by atoms with E-state index in [9.17, 15) is 9.59 Å². The molecule has 0 aliphatic heterocycles. The Balaban J connectivity index is 2.32. The van der Waals surface area contributed by atoms with Gasteiger partial charge >= 0.3 is 5.97 Å². The van der Waals surface area contributed by atoms with Crippen molar-refractivity contribution in [2.24, 2.45) is 0 Å². The van der Waals surface area contributed by atoms with E-state index in [1.807, 2.05) is 6.92 Å². The van der Waals surface area contributed by atoms with Gasteiger partial charge in [0.25, 0.3) is 5.91 Å². The minimum atomic E-state index is -0.527. The molecule has 18 heavy (non-hydrogen) atoms. The fourth-order valence-electron chi connectivity index (χ4n) is 1.29. The first-order valence-electron chi connectivity index (χ1n) is 5.93. The second kappa shape index (κ2) is 7.32. The standard InChI is InChI=1S/C13H18N2O3/c1-2-3-8-15-12(16)9-18-13(17)10-4-6-11(14)7-5-10/h4-7H,2-3,8-9,14H2,1H3,(H,15,16). The minimum absolute atomic E-state index is 0.257. The van der Waals surface area contributed by atoms with E-state index in [1.165, 1.54) is 0 Å². The molecule has 0 spiro atoms. The van der Waals surface area contributed by atoms with E-state index < -0.39 is 5.97 Å². The van der Waals surface area contributed by atoms with Crippen molar-refractivity contribution in [2.45, 2.75) is 19.8 Å². The zero-order valence-electron chi connectivity index (χ0n) is 10.4. The Bertz CT molecular complexity index is 401. The average molecular weight is 250 g/mol.